The fourth-order valence-electron chi connectivity index (χ4n) is 1.08. The smallest absolute Gasteiger partial charge is 0.411 e. The van der Waals surface area contributed by atoms with Crippen LogP contribution in [0.25, 0.3) is 0 Å². The van der Waals surface area contributed by atoms with Gasteiger partial charge in [-0.25, -0.2) is 9.59 Å². The Hall–Kier alpha value is -2.01. The van der Waals surface area contributed by atoms with Crippen LogP contribution in [0.1, 0.15) is 10.4 Å². The molecule has 5 nitrogen and oxygen atoms in total. The molecule has 0 aliphatic rings. The first-order chi connectivity index (χ1) is 8.04. The van der Waals surface area contributed by atoms with Gasteiger partial charge in [-0.05, 0) is 18.2 Å². The molecule has 17 heavy (non-hydrogen) atoms. The van der Waals surface area contributed by atoms with E-state index < -0.39 is 12.1 Å². The maximum absolute atomic E-state index is 11.2. The van der Waals surface area contributed by atoms with Crippen molar-refractivity contribution in [1.29, 1.82) is 0 Å². The molecule has 2 N–H and O–H groups in total. The lowest BCUT2D eigenvalue weighted by molar-refractivity contribution is 0.0698. The van der Waals surface area contributed by atoms with Gasteiger partial charge in [-0.3, -0.25) is 5.32 Å². The van der Waals surface area contributed by atoms with E-state index in [1.54, 1.807) is 0 Å². The highest BCUT2D eigenvalue weighted by molar-refractivity contribution is 6.31. The minimum absolute atomic E-state index is 0.0435. The number of carbonyl (C=O) groups excluding carboxylic acids is 1. The third-order valence-corrected chi connectivity index (χ3v) is 2.02. The van der Waals surface area contributed by atoms with Crippen molar-refractivity contribution in [3.63, 3.8) is 0 Å². The van der Waals surface area contributed by atoms with E-state index in [9.17, 15) is 9.59 Å². The van der Waals surface area contributed by atoms with Crippen LogP contribution in [0, 0.1) is 0 Å². The van der Waals surface area contributed by atoms with Crippen LogP contribution in [-0.2, 0) is 4.74 Å². The lowest BCUT2D eigenvalue weighted by atomic mass is 10.2. The number of anilines is 1. The Morgan fingerprint density at radius 1 is 1.53 bits per heavy atom. The number of rotatable bonds is 4. The minimum Gasteiger partial charge on any atom is -0.478 e. The molecule has 0 aromatic heterocycles. The molecule has 0 aliphatic heterocycles. The molecule has 1 aromatic carbocycles. The number of ether oxygens (including phenoxy) is 1. The van der Waals surface area contributed by atoms with E-state index in [0.29, 0.717) is 0 Å². The molecule has 0 saturated carbocycles. The first-order valence-corrected chi connectivity index (χ1v) is 5.00. The van der Waals surface area contributed by atoms with Gasteiger partial charge in [0.05, 0.1) is 11.3 Å². The molecule has 0 radical (unpaired) electrons. The zero-order chi connectivity index (χ0) is 12.8. The molecule has 0 heterocycles. The number of amides is 1. The highest BCUT2D eigenvalue weighted by Gasteiger charge is 2.13. The van der Waals surface area contributed by atoms with Gasteiger partial charge in [-0.1, -0.05) is 24.3 Å². The van der Waals surface area contributed by atoms with Crippen molar-refractivity contribution >= 4 is 29.4 Å². The molecule has 0 spiro atoms. The molecule has 1 rings (SSSR count). The number of hydrogen-bond acceptors (Lipinski definition) is 3. The molecule has 0 aliphatic carbocycles. The normalized spacial score (nSPS) is 9.47. The fraction of sp³-hybridized carbons (Fsp3) is 0.0909. The highest BCUT2D eigenvalue weighted by atomic mass is 35.5. The summed E-state index contributed by atoms with van der Waals surface area (Å²) in [4.78, 5) is 22.1. The SMILES string of the molecule is C=CCOC(=O)Nc1ccc(Cl)cc1C(=O)O. The lowest BCUT2D eigenvalue weighted by Crippen LogP contribution is -2.16. The molecule has 0 unspecified atom stereocenters. The zero-order valence-corrected chi connectivity index (χ0v) is 9.53. The molecule has 0 bridgehead atoms. The van der Waals surface area contributed by atoms with E-state index in [0.717, 1.165) is 0 Å². The number of hydrogen-bond donors (Lipinski definition) is 2. The molecule has 0 saturated heterocycles. The van der Waals surface area contributed by atoms with Gasteiger partial charge >= 0.3 is 12.1 Å². The Kier molecular flexibility index (Phi) is 4.54. The Morgan fingerprint density at radius 3 is 2.82 bits per heavy atom. The Balaban J connectivity index is 2.86. The predicted octanol–water partition coefficient (Wildman–Crippen LogP) is 2.77. The van der Waals surface area contributed by atoms with Crippen molar-refractivity contribution in [2.75, 3.05) is 11.9 Å². The van der Waals surface area contributed by atoms with Crippen molar-refractivity contribution in [1.82, 2.24) is 0 Å². The van der Waals surface area contributed by atoms with Gasteiger partial charge in [-0.15, -0.1) is 0 Å². The number of halogens is 1. The molecule has 6 heteroatoms. The lowest BCUT2D eigenvalue weighted by Gasteiger charge is -2.08. The summed E-state index contributed by atoms with van der Waals surface area (Å²) in [6, 6.07) is 4.10. The average Bonchev–Trinajstić information content (AvgIpc) is 2.28. The summed E-state index contributed by atoms with van der Waals surface area (Å²) >= 11 is 5.66. The summed E-state index contributed by atoms with van der Waals surface area (Å²) in [6.45, 7) is 3.42. The van der Waals surface area contributed by atoms with Gasteiger partial charge in [-0.2, -0.15) is 0 Å². The Labute approximate surface area is 103 Å². The van der Waals surface area contributed by atoms with Crippen molar-refractivity contribution in [2.45, 2.75) is 0 Å². The maximum Gasteiger partial charge on any atom is 0.411 e. The molecule has 90 valence electrons. The number of carboxylic acid groups (broad SMARTS) is 1. The van der Waals surface area contributed by atoms with E-state index in [1.807, 2.05) is 0 Å². The van der Waals surface area contributed by atoms with E-state index in [2.05, 4.69) is 16.6 Å². The van der Waals surface area contributed by atoms with Gasteiger partial charge in [0.1, 0.15) is 6.61 Å². The van der Waals surface area contributed by atoms with Crippen LogP contribution in [0.4, 0.5) is 10.5 Å². The molecular formula is C11H10ClNO4. The van der Waals surface area contributed by atoms with Gasteiger partial charge in [0.2, 0.25) is 0 Å². The van der Waals surface area contributed by atoms with Crippen LogP contribution in [0.5, 0.6) is 0 Å². The van der Waals surface area contributed by atoms with E-state index in [-0.39, 0.29) is 22.9 Å². The van der Waals surface area contributed by atoms with Crippen LogP contribution in [0.2, 0.25) is 5.02 Å². The van der Waals surface area contributed by atoms with Gasteiger partial charge in [0.25, 0.3) is 0 Å². The number of carboxylic acids is 1. The molecular weight excluding hydrogens is 246 g/mol. The summed E-state index contributed by atoms with van der Waals surface area (Å²) in [5.74, 6) is -1.19. The van der Waals surface area contributed by atoms with Crippen molar-refractivity contribution in [2.24, 2.45) is 0 Å². The number of aromatic carboxylic acids is 1. The summed E-state index contributed by atoms with van der Waals surface area (Å²) in [6.07, 6.45) is 0.647. The predicted molar refractivity (Wildman–Crippen MR) is 63.6 cm³/mol. The second kappa shape index (κ2) is 5.91. The topological polar surface area (TPSA) is 75.6 Å². The molecule has 1 aromatic rings. The van der Waals surface area contributed by atoms with Gasteiger partial charge in [0.15, 0.2) is 0 Å². The van der Waals surface area contributed by atoms with Crippen molar-refractivity contribution in [3.8, 4) is 0 Å². The largest absolute Gasteiger partial charge is 0.478 e. The minimum atomic E-state index is -1.19. The van der Waals surface area contributed by atoms with E-state index in [4.69, 9.17) is 16.7 Å². The third kappa shape index (κ3) is 3.81. The Bertz CT molecular complexity index is 459. The summed E-state index contributed by atoms with van der Waals surface area (Å²) in [5, 5.41) is 11.5. The van der Waals surface area contributed by atoms with Crippen molar-refractivity contribution in [3.05, 3.63) is 41.4 Å². The number of nitrogens with one attached hydrogen (secondary N) is 1. The summed E-state index contributed by atoms with van der Waals surface area (Å²) in [5.41, 5.74) is 0.0176. The van der Waals surface area contributed by atoms with Crippen LogP contribution < -0.4 is 5.32 Å². The molecule has 0 atom stereocenters. The second-order valence-electron chi connectivity index (χ2n) is 3.01. The monoisotopic (exact) mass is 255 g/mol. The van der Waals surface area contributed by atoms with Crippen molar-refractivity contribution < 1.29 is 19.4 Å². The number of benzene rings is 1. The van der Waals surface area contributed by atoms with E-state index >= 15 is 0 Å². The first kappa shape index (κ1) is 13.1. The molecule has 1 amide bonds. The molecule has 0 fully saturated rings. The summed E-state index contributed by atoms with van der Waals surface area (Å²) in [7, 11) is 0. The zero-order valence-electron chi connectivity index (χ0n) is 8.77. The van der Waals surface area contributed by atoms with Gasteiger partial charge < -0.3 is 9.84 Å². The number of carbonyl (C=O) groups is 2. The van der Waals surface area contributed by atoms with E-state index in [1.165, 1.54) is 24.3 Å². The average molecular weight is 256 g/mol. The standard InChI is InChI=1S/C11H10ClNO4/c1-2-5-17-11(16)13-9-4-3-7(12)6-8(9)10(14)15/h2-4,6H,1,5H2,(H,13,16)(H,14,15). The van der Waals surface area contributed by atoms with Crippen LogP contribution in [-0.4, -0.2) is 23.8 Å². The third-order valence-electron chi connectivity index (χ3n) is 1.78. The summed E-state index contributed by atoms with van der Waals surface area (Å²) < 4.78 is 4.67. The first-order valence-electron chi connectivity index (χ1n) is 4.62. The quantitative estimate of drug-likeness (QED) is 0.811. The van der Waals surface area contributed by atoms with Crippen LogP contribution in [0.3, 0.4) is 0 Å². The Morgan fingerprint density at radius 2 is 2.24 bits per heavy atom. The fourth-order valence-corrected chi connectivity index (χ4v) is 1.26. The van der Waals surface area contributed by atoms with Crippen LogP contribution in [0.15, 0.2) is 30.9 Å². The van der Waals surface area contributed by atoms with Crippen LogP contribution >= 0.6 is 11.6 Å². The second-order valence-corrected chi connectivity index (χ2v) is 3.44. The highest BCUT2D eigenvalue weighted by Crippen LogP contribution is 2.20. The van der Waals surface area contributed by atoms with Gasteiger partial charge in [0, 0.05) is 5.02 Å². The maximum atomic E-state index is 11.2.